The van der Waals surface area contributed by atoms with Gasteiger partial charge in [0.15, 0.2) is 12.0 Å². The molecule has 0 atom stereocenters. The third-order valence-electron chi connectivity index (χ3n) is 2.00. The highest BCUT2D eigenvalue weighted by molar-refractivity contribution is 5.92. The van der Waals surface area contributed by atoms with Gasteiger partial charge in [-0.1, -0.05) is 0 Å². The first-order valence-electron chi connectivity index (χ1n) is 3.74. The van der Waals surface area contributed by atoms with Crippen LogP contribution in [0.3, 0.4) is 0 Å². The lowest BCUT2D eigenvalue weighted by molar-refractivity contribution is 0.602. The Morgan fingerprint density at radius 1 is 1.33 bits per heavy atom. The molecule has 0 radical (unpaired) electrons. The molecule has 0 saturated carbocycles. The summed E-state index contributed by atoms with van der Waals surface area (Å²) >= 11 is 0. The van der Waals surface area contributed by atoms with E-state index in [0.29, 0.717) is 0 Å². The number of rotatable bonds is 0. The summed E-state index contributed by atoms with van der Waals surface area (Å²) in [5, 5.41) is 1.15. The first-order chi connectivity index (χ1) is 5.93. The molecule has 2 heterocycles. The van der Waals surface area contributed by atoms with Crippen molar-refractivity contribution in [1.29, 1.82) is 0 Å². The van der Waals surface area contributed by atoms with Gasteiger partial charge >= 0.3 is 0 Å². The van der Waals surface area contributed by atoms with Crippen molar-refractivity contribution in [3.05, 3.63) is 30.8 Å². The molecule has 0 fully saturated rings. The molecule has 0 amide bonds. The van der Waals surface area contributed by atoms with Gasteiger partial charge in [0.25, 0.3) is 0 Å². The number of oxazole rings is 1. The minimum Gasteiger partial charge on any atom is -0.443 e. The Balaban J connectivity index is 2.62. The fourth-order valence-corrected chi connectivity index (χ4v) is 1.40. The highest BCUT2D eigenvalue weighted by atomic mass is 16.3. The van der Waals surface area contributed by atoms with Gasteiger partial charge in [-0.3, -0.25) is 0 Å². The quantitative estimate of drug-likeness (QED) is 0.545. The largest absolute Gasteiger partial charge is 0.443 e. The lowest BCUT2D eigenvalue weighted by Gasteiger charge is -1.87. The Hall–Kier alpha value is -1.77. The Morgan fingerprint density at radius 3 is 3.33 bits per heavy atom. The van der Waals surface area contributed by atoms with E-state index < -0.39 is 0 Å². The van der Waals surface area contributed by atoms with Crippen LogP contribution < -0.4 is 0 Å². The summed E-state index contributed by atoms with van der Waals surface area (Å²) in [7, 11) is 0. The van der Waals surface area contributed by atoms with Crippen molar-refractivity contribution in [2.45, 2.75) is 0 Å². The summed E-state index contributed by atoms with van der Waals surface area (Å²) in [6, 6.07) is 5.97. The third kappa shape index (κ3) is 0.625. The van der Waals surface area contributed by atoms with Crippen LogP contribution >= 0.6 is 0 Å². The van der Waals surface area contributed by atoms with Gasteiger partial charge in [0.1, 0.15) is 5.52 Å². The summed E-state index contributed by atoms with van der Waals surface area (Å²) in [4.78, 5) is 7.18. The van der Waals surface area contributed by atoms with Crippen molar-refractivity contribution in [1.82, 2.24) is 9.97 Å². The lowest BCUT2D eigenvalue weighted by Crippen LogP contribution is -1.69. The monoisotopic (exact) mass is 158 g/mol. The van der Waals surface area contributed by atoms with Gasteiger partial charge in [0, 0.05) is 17.1 Å². The Kier molecular flexibility index (Phi) is 0.913. The van der Waals surface area contributed by atoms with E-state index in [1.165, 1.54) is 6.39 Å². The first kappa shape index (κ1) is 5.83. The summed E-state index contributed by atoms with van der Waals surface area (Å²) < 4.78 is 5.17. The minimum atomic E-state index is 0.835. The number of hydrogen-bond donors (Lipinski definition) is 1. The van der Waals surface area contributed by atoms with E-state index in [4.69, 9.17) is 4.42 Å². The molecule has 1 aromatic carbocycles. The highest BCUT2D eigenvalue weighted by Gasteiger charge is 2.00. The number of aromatic amines is 1. The van der Waals surface area contributed by atoms with E-state index in [2.05, 4.69) is 9.97 Å². The van der Waals surface area contributed by atoms with E-state index in [1.807, 2.05) is 24.4 Å². The van der Waals surface area contributed by atoms with Crippen molar-refractivity contribution in [3.8, 4) is 0 Å². The zero-order valence-corrected chi connectivity index (χ0v) is 6.24. The second kappa shape index (κ2) is 1.88. The van der Waals surface area contributed by atoms with Crippen LogP contribution in [-0.4, -0.2) is 9.97 Å². The van der Waals surface area contributed by atoms with Crippen LogP contribution in [0.1, 0.15) is 0 Å². The predicted octanol–water partition coefficient (Wildman–Crippen LogP) is 2.31. The van der Waals surface area contributed by atoms with E-state index >= 15 is 0 Å². The standard InChI is InChI=1S/C9H6N2O/c1-2-10-7-4-8-9(3-6(1)7)12-5-11-8/h1-5,10H. The molecule has 3 aromatic rings. The SMILES string of the molecule is c1cc2cc3ocnc3cc2[nH]1. The molecule has 0 aliphatic heterocycles. The average molecular weight is 158 g/mol. The maximum absolute atomic E-state index is 5.17. The number of fused-ring (bicyclic) bond motifs is 2. The Morgan fingerprint density at radius 2 is 2.33 bits per heavy atom. The van der Waals surface area contributed by atoms with E-state index in [0.717, 1.165) is 22.0 Å². The van der Waals surface area contributed by atoms with Crippen molar-refractivity contribution in [2.75, 3.05) is 0 Å². The van der Waals surface area contributed by atoms with Gasteiger partial charge in [-0.15, -0.1) is 0 Å². The number of hydrogen-bond acceptors (Lipinski definition) is 2. The van der Waals surface area contributed by atoms with Gasteiger partial charge in [-0.05, 0) is 18.2 Å². The van der Waals surface area contributed by atoms with E-state index in [-0.39, 0.29) is 0 Å². The van der Waals surface area contributed by atoms with Crippen LogP contribution in [-0.2, 0) is 0 Å². The smallest absolute Gasteiger partial charge is 0.181 e. The number of nitrogens with zero attached hydrogens (tertiary/aromatic N) is 1. The molecule has 0 saturated heterocycles. The summed E-state index contributed by atoms with van der Waals surface area (Å²) in [6.45, 7) is 0. The number of benzene rings is 1. The van der Waals surface area contributed by atoms with Crippen LogP contribution in [0.4, 0.5) is 0 Å². The Labute approximate surface area is 68.0 Å². The van der Waals surface area contributed by atoms with Crippen molar-refractivity contribution in [2.24, 2.45) is 0 Å². The molecule has 3 heteroatoms. The Bertz CT molecular complexity index is 444. The number of nitrogens with one attached hydrogen (secondary N) is 1. The molecule has 3 rings (SSSR count). The third-order valence-corrected chi connectivity index (χ3v) is 2.00. The zero-order valence-electron chi connectivity index (χ0n) is 6.24. The minimum absolute atomic E-state index is 0.835. The molecule has 58 valence electrons. The molecule has 12 heavy (non-hydrogen) atoms. The molecule has 2 aromatic heterocycles. The van der Waals surface area contributed by atoms with Crippen LogP contribution in [0.5, 0.6) is 0 Å². The van der Waals surface area contributed by atoms with Gasteiger partial charge in [0.2, 0.25) is 0 Å². The van der Waals surface area contributed by atoms with Crippen LogP contribution in [0.2, 0.25) is 0 Å². The maximum atomic E-state index is 5.17. The van der Waals surface area contributed by atoms with Gasteiger partial charge in [-0.25, -0.2) is 4.98 Å². The molecule has 1 N–H and O–H groups in total. The van der Waals surface area contributed by atoms with Gasteiger partial charge in [0.05, 0.1) is 0 Å². The van der Waals surface area contributed by atoms with Crippen molar-refractivity contribution in [3.63, 3.8) is 0 Å². The molecule has 0 aliphatic carbocycles. The van der Waals surface area contributed by atoms with E-state index in [9.17, 15) is 0 Å². The predicted molar refractivity (Wildman–Crippen MR) is 45.9 cm³/mol. The fraction of sp³-hybridized carbons (Fsp3) is 0. The van der Waals surface area contributed by atoms with E-state index in [1.54, 1.807) is 0 Å². The number of H-pyrrole nitrogens is 1. The van der Waals surface area contributed by atoms with Crippen molar-refractivity contribution < 1.29 is 4.42 Å². The summed E-state index contributed by atoms with van der Waals surface area (Å²) in [6.07, 6.45) is 3.37. The lowest BCUT2D eigenvalue weighted by atomic mass is 10.2. The topological polar surface area (TPSA) is 41.8 Å². The summed E-state index contributed by atoms with van der Waals surface area (Å²) in [5.74, 6) is 0. The van der Waals surface area contributed by atoms with Crippen LogP contribution in [0.25, 0.3) is 22.0 Å². The van der Waals surface area contributed by atoms with Gasteiger partial charge in [-0.2, -0.15) is 0 Å². The fourth-order valence-electron chi connectivity index (χ4n) is 1.40. The molecule has 0 aliphatic rings. The molecule has 0 spiro atoms. The highest BCUT2D eigenvalue weighted by Crippen LogP contribution is 2.20. The first-order valence-corrected chi connectivity index (χ1v) is 3.74. The number of aromatic nitrogens is 2. The maximum Gasteiger partial charge on any atom is 0.181 e. The van der Waals surface area contributed by atoms with Gasteiger partial charge < -0.3 is 9.40 Å². The molecular weight excluding hydrogens is 152 g/mol. The molecule has 0 bridgehead atoms. The molecule has 0 unspecified atom stereocenters. The van der Waals surface area contributed by atoms with Crippen molar-refractivity contribution >= 4 is 22.0 Å². The zero-order chi connectivity index (χ0) is 7.97. The normalized spacial score (nSPS) is 11.3. The average Bonchev–Trinajstić information content (AvgIpc) is 2.64. The van der Waals surface area contributed by atoms with Crippen LogP contribution in [0.15, 0.2) is 35.2 Å². The molecular formula is C9H6N2O. The second-order valence-electron chi connectivity index (χ2n) is 2.74. The van der Waals surface area contributed by atoms with Crippen LogP contribution in [0, 0.1) is 0 Å². The molecule has 3 nitrogen and oxygen atoms in total. The second-order valence-corrected chi connectivity index (χ2v) is 2.74. The summed E-state index contributed by atoms with van der Waals surface area (Å²) in [5.41, 5.74) is 2.82.